The number of thiazole rings is 1. The number of aryl methyl sites for hydroxylation is 2. The predicted molar refractivity (Wildman–Crippen MR) is 63.0 cm³/mol. The highest BCUT2D eigenvalue weighted by Gasteiger charge is 2.02. The fourth-order valence-electron chi connectivity index (χ4n) is 1.36. The van der Waals surface area contributed by atoms with Crippen LogP contribution in [0.4, 0.5) is 0 Å². The molecule has 5 nitrogen and oxygen atoms in total. The van der Waals surface area contributed by atoms with Gasteiger partial charge in [-0.2, -0.15) is 0 Å². The van der Waals surface area contributed by atoms with Crippen LogP contribution in [-0.4, -0.2) is 19.7 Å². The first-order valence-electron chi connectivity index (χ1n) is 5.26. The Balaban J connectivity index is 1.82. The van der Waals surface area contributed by atoms with E-state index >= 15 is 0 Å². The number of aromatic nitrogens is 4. The Bertz CT molecular complexity index is 448. The van der Waals surface area contributed by atoms with Crippen molar-refractivity contribution in [2.24, 2.45) is 7.05 Å². The van der Waals surface area contributed by atoms with Gasteiger partial charge in [0.15, 0.2) is 0 Å². The molecule has 0 aliphatic carbocycles. The largest absolute Gasteiger partial charge is 0.320 e. The molecule has 0 radical (unpaired) electrons. The molecule has 2 heterocycles. The quantitative estimate of drug-likeness (QED) is 0.847. The lowest BCUT2D eigenvalue weighted by molar-refractivity contribution is 0.630. The number of nitrogens with zero attached hydrogens (tertiary/aromatic N) is 4. The Hall–Kier alpha value is -1.27. The summed E-state index contributed by atoms with van der Waals surface area (Å²) in [5, 5.41) is 14.4. The van der Waals surface area contributed by atoms with Crippen molar-refractivity contribution in [3.63, 3.8) is 0 Å². The second-order valence-electron chi connectivity index (χ2n) is 3.55. The van der Waals surface area contributed by atoms with Gasteiger partial charge in [0, 0.05) is 19.0 Å². The van der Waals surface area contributed by atoms with Crippen LogP contribution in [0.15, 0.2) is 11.7 Å². The van der Waals surface area contributed by atoms with Gasteiger partial charge in [-0.05, 0) is 6.42 Å². The Labute approximate surface area is 98.5 Å². The highest BCUT2D eigenvalue weighted by molar-refractivity contribution is 7.09. The molecule has 0 bridgehead atoms. The molecule has 1 N–H and O–H groups in total. The van der Waals surface area contributed by atoms with E-state index in [2.05, 4.69) is 32.8 Å². The number of rotatable bonds is 5. The number of hydrogen-bond acceptors (Lipinski definition) is 5. The molecule has 0 unspecified atom stereocenters. The Morgan fingerprint density at radius 1 is 1.44 bits per heavy atom. The van der Waals surface area contributed by atoms with Crippen LogP contribution >= 0.6 is 11.3 Å². The van der Waals surface area contributed by atoms with Crippen LogP contribution in [0.25, 0.3) is 0 Å². The van der Waals surface area contributed by atoms with E-state index in [-0.39, 0.29) is 0 Å². The van der Waals surface area contributed by atoms with Gasteiger partial charge in [-0.1, -0.05) is 6.92 Å². The van der Waals surface area contributed by atoms with Crippen molar-refractivity contribution in [3.8, 4) is 0 Å². The Morgan fingerprint density at radius 3 is 2.94 bits per heavy atom. The van der Waals surface area contributed by atoms with Gasteiger partial charge < -0.3 is 9.88 Å². The zero-order valence-corrected chi connectivity index (χ0v) is 10.3. The van der Waals surface area contributed by atoms with Gasteiger partial charge in [0.2, 0.25) is 0 Å². The van der Waals surface area contributed by atoms with Crippen molar-refractivity contribution < 1.29 is 0 Å². The summed E-state index contributed by atoms with van der Waals surface area (Å²) in [5.74, 6) is 0.936. The van der Waals surface area contributed by atoms with Gasteiger partial charge >= 0.3 is 0 Å². The lowest BCUT2D eigenvalue weighted by Gasteiger charge is -2.01. The molecule has 6 heteroatoms. The predicted octanol–water partition coefficient (Wildman–Crippen LogP) is 1.12. The van der Waals surface area contributed by atoms with Crippen LogP contribution in [0.2, 0.25) is 0 Å². The highest BCUT2D eigenvalue weighted by atomic mass is 32.1. The molecule has 0 fully saturated rings. The third kappa shape index (κ3) is 2.65. The zero-order valence-electron chi connectivity index (χ0n) is 9.47. The van der Waals surface area contributed by atoms with Crippen LogP contribution in [0.1, 0.15) is 23.4 Å². The highest BCUT2D eigenvalue weighted by Crippen LogP contribution is 2.09. The molecule has 0 amide bonds. The molecule has 2 rings (SSSR count). The summed E-state index contributed by atoms with van der Waals surface area (Å²) in [6, 6.07) is 0. The van der Waals surface area contributed by atoms with Gasteiger partial charge in [-0.15, -0.1) is 21.5 Å². The van der Waals surface area contributed by atoms with Gasteiger partial charge in [0.05, 0.1) is 17.2 Å². The molecule has 0 aliphatic heterocycles. The molecule has 86 valence electrons. The second-order valence-corrected chi connectivity index (χ2v) is 4.49. The SMILES string of the molecule is CCc1nc(CNCc2nncn2C)cs1. The fraction of sp³-hybridized carbons (Fsp3) is 0.500. The maximum Gasteiger partial charge on any atom is 0.146 e. The van der Waals surface area contributed by atoms with Crippen LogP contribution < -0.4 is 5.32 Å². The molecular formula is C10H15N5S. The van der Waals surface area contributed by atoms with Gasteiger partial charge in [-0.25, -0.2) is 4.98 Å². The topological polar surface area (TPSA) is 55.6 Å². The molecule has 0 saturated heterocycles. The van der Waals surface area contributed by atoms with Crippen LogP contribution in [0.3, 0.4) is 0 Å². The van der Waals surface area contributed by atoms with E-state index in [0.29, 0.717) is 0 Å². The van der Waals surface area contributed by atoms with E-state index in [9.17, 15) is 0 Å². The Morgan fingerprint density at radius 2 is 2.31 bits per heavy atom. The fourth-order valence-corrected chi connectivity index (χ4v) is 2.11. The molecule has 0 aliphatic rings. The average molecular weight is 237 g/mol. The van der Waals surface area contributed by atoms with E-state index in [4.69, 9.17) is 0 Å². The zero-order chi connectivity index (χ0) is 11.4. The second kappa shape index (κ2) is 5.18. The van der Waals surface area contributed by atoms with Crippen molar-refractivity contribution in [1.29, 1.82) is 0 Å². The minimum Gasteiger partial charge on any atom is -0.320 e. The van der Waals surface area contributed by atoms with Crippen molar-refractivity contribution in [2.45, 2.75) is 26.4 Å². The average Bonchev–Trinajstić information content (AvgIpc) is 2.89. The first-order valence-corrected chi connectivity index (χ1v) is 6.14. The summed E-state index contributed by atoms with van der Waals surface area (Å²) in [5.41, 5.74) is 1.10. The van der Waals surface area contributed by atoms with Gasteiger partial charge in [0.25, 0.3) is 0 Å². The van der Waals surface area contributed by atoms with E-state index in [1.807, 2.05) is 11.6 Å². The molecule has 2 aromatic rings. The number of nitrogens with one attached hydrogen (secondary N) is 1. The summed E-state index contributed by atoms with van der Waals surface area (Å²) in [7, 11) is 1.94. The monoisotopic (exact) mass is 237 g/mol. The van der Waals surface area contributed by atoms with Crippen LogP contribution in [0.5, 0.6) is 0 Å². The van der Waals surface area contributed by atoms with Crippen molar-refractivity contribution in [1.82, 2.24) is 25.1 Å². The molecule has 0 saturated carbocycles. The summed E-state index contributed by atoms with van der Waals surface area (Å²) in [6.07, 6.45) is 2.71. The van der Waals surface area contributed by atoms with E-state index < -0.39 is 0 Å². The van der Waals surface area contributed by atoms with Crippen LogP contribution in [-0.2, 0) is 26.6 Å². The summed E-state index contributed by atoms with van der Waals surface area (Å²) >= 11 is 1.72. The molecule has 16 heavy (non-hydrogen) atoms. The van der Waals surface area contributed by atoms with E-state index in [0.717, 1.165) is 31.0 Å². The van der Waals surface area contributed by atoms with E-state index in [1.165, 1.54) is 5.01 Å². The first kappa shape index (κ1) is 11.2. The summed E-state index contributed by atoms with van der Waals surface area (Å²) in [6.45, 7) is 3.62. The lowest BCUT2D eigenvalue weighted by atomic mass is 10.4. The third-order valence-corrected chi connectivity index (χ3v) is 3.34. The van der Waals surface area contributed by atoms with Gasteiger partial charge in [-0.3, -0.25) is 0 Å². The molecule has 0 spiro atoms. The summed E-state index contributed by atoms with van der Waals surface area (Å²) < 4.78 is 1.91. The molecular weight excluding hydrogens is 222 g/mol. The smallest absolute Gasteiger partial charge is 0.146 e. The first-order chi connectivity index (χ1) is 7.79. The minimum atomic E-state index is 0.718. The molecule has 0 aromatic carbocycles. The maximum atomic E-state index is 4.48. The minimum absolute atomic E-state index is 0.718. The summed E-state index contributed by atoms with van der Waals surface area (Å²) in [4.78, 5) is 4.48. The van der Waals surface area contributed by atoms with Gasteiger partial charge in [0.1, 0.15) is 12.2 Å². The third-order valence-electron chi connectivity index (χ3n) is 2.30. The standard InChI is InChI=1S/C10H15N5S/c1-3-10-13-8(6-16-10)4-11-5-9-14-12-7-15(9)2/h6-7,11H,3-5H2,1-2H3. The van der Waals surface area contributed by atoms with Crippen LogP contribution in [0, 0.1) is 0 Å². The molecule has 0 atom stereocenters. The van der Waals surface area contributed by atoms with Crippen molar-refractivity contribution in [2.75, 3.05) is 0 Å². The number of hydrogen-bond donors (Lipinski definition) is 1. The normalized spacial score (nSPS) is 10.9. The van der Waals surface area contributed by atoms with Crippen molar-refractivity contribution >= 4 is 11.3 Å². The van der Waals surface area contributed by atoms with Crippen molar-refractivity contribution in [3.05, 3.63) is 28.2 Å². The Kier molecular flexibility index (Phi) is 3.63. The van der Waals surface area contributed by atoms with E-state index in [1.54, 1.807) is 17.7 Å². The maximum absolute atomic E-state index is 4.48. The molecule has 2 aromatic heterocycles. The lowest BCUT2D eigenvalue weighted by Crippen LogP contribution is -2.15.